The van der Waals surface area contributed by atoms with Crippen LogP contribution in [0.15, 0.2) is 30.3 Å². The number of fused-ring (bicyclic) bond motifs is 1. The number of carbonyl (C=O) groups is 1. The summed E-state index contributed by atoms with van der Waals surface area (Å²) in [7, 11) is 0. The fourth-order valence-electron chi connectivity index (χ4n) is 2.72. The molecule has 1 aromatic heterocycles. The van der Waals surface area contributed by atoms with Gasteiger partial charge in [-0.1, -0.05) is 12.1 Å². The summed E-state index contributed by atoms with van der Waals surface area (Å²) in [6, 6.07) is 10.0. The average molecular weight is 340 g/mol. The molecule has 124 valence electrons. The molecule has 1 heterocycles. The molecular weight excluding hydrogens is 320 g/mol. The van der Waals surface area contributed by atoms with Crippen LogP contribution in [-0.2, 0) is 11.4 Å². The Hall–Kier alpha value is -2.40. The predicted octanol–water partition coefficient (Wildman–Crippen LogP) is 4.76. The number of rotatable bonds is 4. The van der Waals surface area contributed by atoms with E-state index in [1.807, 2.05) is 45.0 Å². The smallest absolute Gasteiger partial charge is 0.221 e. The van der Waals surface area contributed by atoms with Crippen LogP contribution in [-0.4, -0.2) is 10.9 Å². The van der Waals surface area contributed by atoms with E-state index in [4.69, 9.17) is 4.74 Å². The predicted molar refractivity (Wildman–Crippen MR) is 98.9 cm³/mol. The molecule has 0 atom stereocenters. The van der Waals surface area contributed by atoms with Gasteiger partial charge in [0, 0.05) is 12.6 Å². The molecule has 3 rings (SSSR count). The number of nitrogens with zero attached hydrogens (tertiary/aromatic N) is 1. The second-order valence-electron chi connectivity index (χ2n) is 5.87. The van der Waals surface area contributed by atoms with E-state index in [9.17, 15) is 4.79 Å². The van der Waals surface area contributed by atoms with Crippen LogP contribution in [0.2, 0.25) is 0 Å². The summed E-state index contributed by atoms with van der Waals surface area (Å²) in [5.74, 6) is 0.793. The van der Waals surface area contributed by atoms with Crippen molar-refractivity contribution >= 4 is 33.1 Å². The van der Waals surface area contributed by atoms with Gasteiger partial charge in [-0.15, -0.1) is 11.3 Å². The van der Waals surface area contributed by atoms with Crippen molar-refractivity contribution in [2.24, 2.45) is 0 Å². The van der Waals surface area contributed by atoms with E-state index >= 15 is 0 Å². The number of nitrogens with one attached hydrogen (secondary N) is 1. The summed E-state index contributed by atoms with van der Waals surface area (Å²) in [5.41, 5.74) is 4.91. The third kappa shape index (κ3) is 3.26. The quantitative estimate of drug-likeness (QED) is 0.745. The van der Waals surface area contributed by atoms with Gasteiger partial charge in [0.05, 0.1) is 10.2 Å². The number of carbonyl (C=O) groups excluding carboxylic acids is 1. The second kappa shape index (κ2) is 6.61. The Balaban J connectivity index is 1.84. The summed E-state index contributed by atoms with van der Waals surface area (Å²) in [6.07, 6.45) is 0. The maximum absolute atomic E-state index is 11.3. The van der Waals surface area contributed by atoms with Crippen molar-refractivity contribution in [3.05, 3.63) is 52.0 Å². The topological polar surface area (TPSA) is 51.2 Å². The normalized spacial score (nSPS) is 10.8. The van der Waals surface area contributed by atoms with E-state index in [0.717, 1.165) is 38.7 Å². The molecule has 24 heavy (non-hydrogen) atoms. The molecule has 0 fully saturated rings. The summed E-state index contributed by atoms with van der Waals surface area (Å²) >= 11 is 1.65. The molecule has 0 bridgehead atoms. The highest BCUT2D eigenvalue weighted by molar-refractivity contribution is 7.18. The molecule has 0 saturated carbocycles. The molecule has 0 aliphatic carbocycles. The summed E-state index contributed by atoms with van der Waals surface area (Å²) in [4.78, 5) is 15.9. The van der Waals surface area contributed by atoms with E-state index in [0.29, 0.717) is 6.61 Å². The third-order valence-corrected chi connectivity index (χ3v) is 5.02. The van der Waals surface area contributed by atoms with Gasteiger partial charge < -0.3 is 10.1 Å². The van der Waals surface area contributed by atoms with Gasteiger partial charge >= 0.3 is 0 Å². The maximum Gasteiger partial charge on any atom is 0.221 e. The molecule has 1 N–H and O–H groups in total. The highest BCUT2D eigenvalue weighted by atomic mass is 32.1. The number of hydrogen-bond acceptors (Lipinski definition) is 4. The van der Waals surface area contributed by atoms with E-state index < -0.39 is 0 Å². The van der Waals surface area contributed by atoms with Crippen molar-refractivity contribution < 1.29 is 9.53 Å². The average Bonchev–Trinajstić information content (AvgIpc) is 2.94. The Morgan fingerprint density at radius 3 is 2.67 bits per heavy atom. The minimum atomic E-state index is -0.0694. The lowest BCUT2D eigenvalue weighted by atomic mass is 10.0. The second-order valence-corrected chi connectivity index (χ2v) is 6.98. The van der Waals surface area contributed by atoms with E-state index in [1.165, 1.54) is 11.6 Å². The molecule has 0 radical (unpaired) electrons. The number of aryl methyl sites for hydroxylation is 1. The highest BCUT2D eigenvalue weighted by Gasteiger charge is 2.13. The van der Waals surface area contributed by atoms with E-state index in [2.05, 4.69) is 16.4 Å². The standard InChI is InChI=1S/C19H20N2O2S/c1-11-9-16(20-14(4)22)12(2)13(3)19(11)23-10-18-21-15-7-5-6-8-17(15)24-18/h5-9H,10H2,1-4H3,(H,20,22). The summed E-state index contributed by atoms with van der Waals surface area (Å²) < 4.78 is 7.23. The van der Waals surface area contributed by atoms with Gasteiger partial charge in [-0.25, -0.2) is 4.98 Å². The molecular formula is C19H20N2O2S. The first kappa shape index (κ1) is 16.5. The maximum atomic E-state index is 11.3. The number of benzene rings is 2. The van der Waals surface area contributed by atoms with E-state index in [1.54, 1.807) is 11.3 Å². The van der Waals surface area contributed by atoms with Crippen molar-refractivity contribution in [3.63, 3.8) is 0 Å². The van der Waals surface area contributed by atoms with Crippen LogP contribution in [0.3, 0.4) is 0 Å². The van der Waals surface area contributed by atoms with Gasteiger partial charge in [0.1, 0.15) is 17.4 Å². The van der Waals surface area contributed by atoms with Crippen LogP contribution in [0.5, 0.6) is 5.75 Å². The molecule has 0 unspecified atom stereocenters. The molecule has 0 aliphatic rings. The van der Waals surface area contributed by atoms with Crippen molar-refractivity contribution in [1.29, 1.82) is 0 Å². The molecule has 0 saturated heterocycles. The molecule has 0 aliphatic heterocycles. The molecule has 1 amide bonds. The third-order valence-electron chi connectivity index (χ3n) is 4.01. The fraction of sp³-hybridized carbons (Fsp3) is 0.263. The molecule has 5 heteroatoms. The summed E-state index contributed by atoms with van der Waals surface area (Å²) in [5, 5.41) is 3.83. The number of ether oxygens (including phenoxy) is 1. The lowest BCUT2D eigenvalue weighted by molar-refractivity contribution is -0.114. The number of amides is 1. The number of hydrogen-bond donors (Lipinski definition) is 1. The van der Waals surface area contributed by atoms with Gasteiger partial charge in [0.25, 0.3) is 0 Å². The Labute approximate surface area is 145 Å². The highest BCUT2D eigenvalue weighted by Crippen LogP contribution is 2.33. The van der Waals surface area contributed by atoms with Crippen molar-refractivity contribution in [1.82, 2.24) is 4.98 Å². The van der Waals surface area contributed by atoms with Gasteiger partial charge in [0.2, 0.25) is 5.91 Å². The monoisotopic (exact) mass is 340 g/mol. The first-order valence-corrected chi connectivity index (χ1v) is 8.63. The Morgan fingerprint density at radius 1 is 1.21 bits per heavy atom. The van der Waals surface area contributed by atoms with E-state index in [-0.39, 0.29) is 5.91 Å². The minimum absolute atomic E-state index is 0.0694. The summed E-state index contributed by atoms with van der Waals surface area (Å²) in [6.45, 7) is 7.96. The van der Waals surface area contributed by atoms with Crippen LogP contribution >= 0.6 is 11.3 Å². The number of thiazole rings is 1. The van der Waals surface area contributed by atoms with Crippen LogP contribution in [0.25, 0.3) is 10.2 Å². The first-order valence-electron chi connectivity index (χ1n) is 7.81. The number of anilines is 1. The van der Waals surface area contributed by atoms with Crippen molar-refractivity contribution in [2.45, 2.75) is 34.3 Å². The Kier molecular flexibility index (Phi) is 4.53. The largest absolute Gasteiger partial charge is 0.486 e. The zero-order valence-electron chi connectivity index (χ0n) is 14.3. The first-order chi connectivity index (χ1) is 11.5. The molecule has 4 nitrogen and oxygen atoms in total. The van der Waals surface area contributed by atoms with Crippen LogP contribution in [0.4, 0.5) is 5.69 Å². The zero-order chi connectivity index (χ0) is 17.3. The molecule has 0 spiro atoms. The van der Waals surface area contributed by atoms with Crippen molar-refractivity contribution in [3.8, 4) is 5.75 Å². The van der Waals surface area contributed by atoms with Gasteiger partial charge in [-0.05, 0) is 55.7 Å². The molecule has 3 aromatic rings. The van der Waals surface area contributed by atoms with Gasteiger partial charge in [-0.3, -0.25) is 4.79 Å². The number of para-hydroxylation sites is 1. The lowest BCUT2D eigenvalue weighted by Crippen LogP contribution is -2.09. The SMILES string of the molecule is CC(=O)Nc1cc(C)c(OCc2nc3ccccc3s2)c(C)c1C. The number of aromatic nitrogens is 1. The van der Waals surface area contributed by atoms with Gasteiger partial charge in [-0.2, -0.15) is 0 Å². The van der Waals surface area contributed by atoms with Crippen LogP contribution in [0.1, 0.15) is 28.6 Å². The lowest BCUT2D eigenvalue weighted by Gasteiger charge is -2.17. The van der Waals surface area contributed by atoms with Crippen LogP contribution in [0, 0.1) is 20.8 Å². The Bertz CT molecular complexity index is 882. The zero-order valence-corrected chi connectivity index (χ0v) is 15.1. The Morgan fingerprint density at radius 2 is 1.96 bits per heavy atom. The van der Waals surface area contributed by atoms with Crippen LogP contribution < -0.4 is 10.1 Å². The fourth-order valence-corrected chi connectivity index (χ4v) is 3.60. The van der Waals surface area contributed by atoms with Gasteiger partial charge in [0.15, 0.2) is 0 Å². The molecule has 2 aromatic carbocycles. The minimum Gasteiger partial charge on any atom is -0.486 e. The van der Waals surface area contributed by atoms with Crippen molar-refractivity contribution in [2.75, 3.05) is 5.32 Å².